The Morgan fingerprint density at radius 1 is 1.41 bits per heavy atom. The molecule has 0 saturated carbocycles. The Labute approximate surface area is 133 Å². The Morgan fingerprint density at radius 3 is 2.64 bits per heavy atom. The molecule has 1 atom stereocenters. The van der Waals surface area contributed by atoms with Gasteiger partial charge in [0.1, 0.15) is 0 Å². The number of rotatable bonds is 7. The highest BCUT2D eigenvalue weighted by Crippen LogP contribution is 2.22. The number of hydrogen-bond donors (Lipinski definition) is 2. The molecule has 7 nitrogen and oxygen atoms in total. The lowest BCUT2D eigenvalue weighted by Crippen LogP contribution is -2.35. The fraction of sp³-hybridized carbons (Fsp3) is 0.429. The van der Waals surface area contributed by atoms with Gasteiger partial charge in [-0.05, 0) is 19.4 Å². The molecule has 1 unspecified atom stereocenters. The lowest BCUT2D eigenvalue weighted by atomic mass is 10.2. The number of nitro benzene ring substituents is 1. The van der Waals surface area contributed by atoms with Crippen molar-refractivity contribution in [2.75, 3.05) is 6.54 Å². The van der Waals surface area contributed by atoms with Gasteiger partial charge in [0.25, 0.3) is 11.6 Å². The lowest BCUT2D eigenvalue weighted by molar-refractivity contribution is -0.384. The predicted octanol–water partition coefficient (Wildman–Crippen LogP) is 2.28. The molecule has 0 fully saturated rings. The van der Waals surface area contributed by atoms with Gasteiger partial charge in [-0.15, -0.1) is 0 Å². The molecule has 0 bridgehead atoms. The number of halogens is 1. The molecule has 1 aromatic carbocycles. The van der Waals surface area contributed by atoms with Crippen LogP contribution in [0.15, 0.2) is 18.2 Å². The minimum Gasteiger partial charge on any atom is -0.354 e. The molecular formula is C14H18ClN3O4. The maximum Gasteiger partial charge on any atom is 0.270 e. The van der Waals surface area contributed by atoms with E-state index in [1.807, 2.05) is 13.8 Å². The standard InChI is InChI=1S/C14H18ClN3O4/c1-3-9(2)17-13(19)6-7-16-14(20)11-5-4-10(18(21)22)8-12(11)15/h4-5,8-9H,3,6-7H2,1-2H3,(H,16,20)(H,17,19). The van der Waals surface area contributed by atoms with E-state index in [-0.39, 0.29) is 41.2 Å². The van der Waals surface area contributed by atoms with Gasteiger partial charge in [-0.1, -0.05) is 18.5 Å². The summed E-state index contributed by atoms with van der Waals surface area (Å²) < 4.78 is 0. The van der Waals surface area contributed by atoms with E-state index in [2.05, 4.69) is 10.6 Å². The molecular weight excluding hydrogens is 310 g/mol. The van der Waals surface area contributed by atoms with Crippen LogP contribution in [-0.2, 0) is 4.79 Å². The maximum atomic E-state index is 11.9. The molecule has 0 radical (unpaired) electrons. The Bertz CT molecular complexity index is 577. The van der Waals surface area contributed by atoms with Crippen LogP contribution in [0.3, 0.4) is 0 Å². The summed E-state index contributed by atoms with van der Waals surface area (Å²) in [4.78, 5) is 33.5. The zero-order chi connectivity index (χ0) is 16.7. The van der Waals surface area contributed by atoms with Crippen LogP contribution in [-0.4, -0.2) is 29.3 Å². The smallest absolute Gasteiger partial charge is 0.270 e. The van der Waals surface area contributed by atoms with Gasteiger partial charge in [-0.2, -0.15) is 0 Å². The highest BCUT2D eigenvalue weighted by Gasteiger charge is 2.15. The quantitative estimate of drug-likeness (QED) is 0.592. The van der Waals surface area contributed by atoms with Crippen LogP contribution < -0.4 is 10.6 Å². The van der Waals surface area contributed by atoms with Crippen molar-refractivity contribution in [2.45, 2.75) is 32.7 Å². The van der Waals surface area contributed by atoms with Crippen molar-refractivity contribution in [1.29, 1.82) is 0 Å². The van der Waals surface area contributed by atoms with E-state index < -0.39 is 10.8 Å². The van der Waals surface area contributed by atoms with Gasteiger partial charge < -0.3 is 10.6 Å². The zero-order valence-corrected chi connectivity index (χ0v) is 13.1. The third-order valence-electron chi connectivity index (χ3n) is 3.07. The minimum absolute atomic E-state index is 0.00393. The first-order valence-corrected chi connectivity index (χ1v) is 7.24. The fourth-order valence-electron chi connectivity index (χ4n) is 1.64. The number of hydrogen-bond acceptors (Lipinski definition) is 4. The molecule has 0 heterocycles. The van der Waals surface area contributed by atoms with Gasteiger partial charge in [-0.25, -0.2) is 0 Å². The van der Waals surface area contributed by atoms with Crippen molar-refractivity contribution in [3.05, 3.63) is 38.9 Å². The van der Waals surface area contributed by atoms with E-state index in [0.29, 0.717) is 0 Å². The van der Waals surface area contributed by atoms with Crippen LogP contribution in [0.4, 0.5) is 5.69 Å². The van der Waals surface area contributed by atoms with Crippen LogP contribution in [0, 0.1) is 10.1 Å². The number of carbonyl (C=O) groups excluding carboxylic acids is 2. The molecule has 1 rings (SSSR count). The number of carbonyl (C=O) groups is 2. The van der Waals surface area contributed by atoms with Crippen LogP contribution in [0.2, 0.25) is 5.02 Å². The molecule has 1 aromatic rings. The second-order valence-corrected chi connectivity index (χ2v) is 5.21. The largest absolute Gasteiger partial charge is 0.354 e. The molecule has 0 aromatic heterocycles. The monoisotopic (exact) mass is 327 g/mol. The second-order valence-electron chi connectivity index (χ2n) is 4.80. The average molecular weight is 328 g/mol. The predicted molar refractivity (Wildman–Crippen MR) is 83.0 cm³/mol. The molecule has 0 aliphatic heterocycles. The number of nitrogens with zero attached hydrogens (tertiary/aromatic N) is 1. The van der Waals surface area contributed by atoms with Crippen molar-refractivity contribution in [2.24, 2.45) is 0 Å². The summed E-state index contributed by atoms with van der Waals surface area (Å²) in [6.07, 6.45) is 0.983. The van der Waals surface area contributed by atoms with Crippen molar-refractivity contribution in [3.8, 4) is 0 Å². The van der Waals surface area contributed by atoms with Crippen molar-refractivity contribution < 1.29 is 14.5 Å². The average Bonchev–Trinajstić information content (AvgIpc) is 2.46. The molecule has 0 spiro atoms. The highest BCUT2D eigenvalue weighted by atomic mass is 35.5. The Morgan fingerprint density at radius 2 is 2.09 bits per heavy atom. The lowest BCUT2D eigenvalue weighted by Gasteiger charge is -2.11. The number of nitro groups is 1. The summed E-state index contributed by atoms with van der Waals surface area (Å²) in [5.41, 5.74) is -0.0518. The van der Waals surface area contributed by atoms with Crippen molar-refractivity contribution in [3.63, 3.8) is 0 Å². The Hall–Kier alpha value is -2.15. The molecule has 2 N–H and O–H groups in total. The van der Waals surface area contributed by atoms with Crippen LogP contribution in [0.25, 0.3) is 0 Å². The number of amides is 2. The second kappa shape index (κ2) is 8.33. The molecule has 0 aliphatic carbocycles. The molecule has 22 heavy (non-hydrogen) atoms. The van der Waals surface area contributed by atoms with Gasteiger partial charge in [-0.3, -0.25) is 19.7 Å². The summed E-state index contributed by atoms with van der Waals surface area (Å²) in [6, 6.07) is 3.70. The first-order valence-electron chi connectivity index (χ1n) is 6.86. The minimum atomic E-state index is -0.590. The summed E-state index contributed by atoms with van der Waals surface area (Å²) in [7, 11) is 0. The molecule has 0 saturated heterocycles. The highest BCUT2D eigenvalue weighted by molar-refractivity contribution is 6.34. The Kier molecular flexibility index (Phi) is 6.78. The SMILES string of the molecule is CCC(C)NC(=O)CCNC(=O)c1ccc([N+](=O)[O-])cc1Cl. The summed E-state index contributed by atoms with van der Waals surface area (Å²) in [6.45, 7) is 4.02. The first kappa shape index (κ1) is 17.9. The number of benzene rings is 1. The van der Waals surface area contributed by atoms with E-state index >= 15 is 0 Å². The Balaban J connectivity index is 2.52. The van der Waals surface area contributed by atoms with Gasteiger partial charge in [0.2, 0.25) is 5.91 Å². The van der Waals surface area contributed by atoms with E-state index in [1.54, 1.807) is 0 Å². The fourth-order valence-corrected chi connectivity index (χ4v) is 1.90. The van der Waals surface area contributed by atoms with Gasteiger partial charge >= 0.3 is 0 Å². The normalized spacial score (nSPS) is 11.6. The third-order valence-corrected chi connectivity index (χ3v) is 3.38. The zero-order valence-electron chi connectivity index (χ0n) is 12.4. The summed E-state index contributed by atoms with van der Waals surface area (Å²) >= 11 is 5.85. The molecule has 8 heteroatoms. The van der Waals surface area contributed by atoms with E-state index in [0.717, 1.165) is 12.5 Å². The van der Waals surface area contributed by atoms with E-state index in [1.165, 1.54) is 12.1 Å². The van der Waals surface area contributed by atoms with Crippen LogP contribution >= 0.6 is 11.6 Å². The summed E-state index contributed by atoms with van der Waals surface area (Å²) in [5.74, 6) is -0.624. The third kappa shape index (κ3) is 5.33. The van der Waals surface area contributed by atoms with E-state index in [4.69, 9.17) is 11.6 Å². The van der Waals surface area contributed by atoms with Crippen molar-refractivity contribution >= 4 is 29.1 Å². The van der Waals surface area contributed by atoms with E-state index in [9.17, 15) is 19.7 Å². The summed E-state index contributed by atoms with van der Waals surface area (Å²) in [5, 5.41) is 15.9. The number of nitrogens with one attached hydrogen (secondary N) is 2. The van der Waals surface area contributed by atoms with Crippen LogP contribution in [0.5, 0.6) is 0 Å². The molecule has 120 valence electrons. The molecule has 2 amide bonds. The van der Waals surface area contributed by atoms with Gasteiger partial charge in [0.05, 0.1) is 15.5 Å². The van der Waals surface area contributed by atoms with Gasteiger partial charge in [0.15, 0.2) is 0 Å². The molecule has 0 aliphatic rings. The topological polar surface area (TPSA) is 101 Å². The van der Waals surface area contributed by atoms with Crippen molar-refractivity contribution in [1.82, 2.24) is 10.6 Å². The number of non-ortho nitro benzene ring substituents is 1. The van der Waals surface area contributed by atoms with Gasteiger partial charge in [0, 0.05) is 31.1 Å². The first-order chi connectivity index (χ1) is 10.3. The maximum absolute atomic E-state index is 11.9. The van der Waals surface area contributed by atoms with Crippen LogP contribution in [0.1, 0.15) is 37.0 Å².